The lowest BCUT2D eigenvalue weighted by Crippen LogP contribution is -2.54. The third kappa shape index (κ3) is 4.72. The van der Waals surface area contributed by atoms with E-state index in [1.54, 1.807) is 7.11 Å². The van der Waals surface area contributed by atoms with Gasteiger partial charge in [-0.2, -0.15) is 0 Å². The number of para-hydroxylation sites is 1. The average molecular weight is 292 g/mol. The molecule has 0 aliphatic heterocycles. The minimum atomic E-state index is -0.0349. The smallest absolute Gasteiger partial charge is 0.122 e. The molecule has 0 spiro atoms. The first-order valence-corrected chi connectivity index (χ1v) is 8.07. The number of hydrogen-bond acceptors (Lipinski definition) is 3. The lowest BCUT2D eigenvalue weighted by atomic mass is 9.89. The van der Waals surface area contributed by atoms with Crippen LogP contribution >= 0.6 is 0 Å². The predicted octanol–water partition coefficient (Wildman–Crippen LogP) is 3.32. The van der Waals surface area contributed by atoms with E-state index in [0.717, 1.165) is 25.3 Å². The molecule has 120 valence electrons. The summed E-state index contributed by atoms with van der Waals surface area (Å²) in [5.74, 6) is 1.64. The highest BCUT2D eigenvalue weighted by Crippen LogP contribution is 2.27. The van der Waals surface area contributed by atoms with Crippen LogP contribution in [0.3, 0.4) is 0 Å². The van der Waals surface area contributed by atoms with Gasteiger partial charge in [-0.3, -0.25) is 4.90 Å². The Morgan fingerprint density at radius 1 is 1.29 bits per heavy atom. The maximum absolute atomic E-state index is 6.16. The summed E-state index contributed by atoms with van der Waals surface area (Å²) in [7, 11) is 1.73. The lowest BCUT2D eigenvalue weighted by molar-refractivity contribution is 0.0974. The SMILES string of the molecule is CCC(C)CN(CC)C(C)(CN)Cc1ccccc1OC. The Kier molecular flexibility index (Phi) is 7.20. The third-order valence-electron chi connectivity index (χ3n) is 4.58. The number of nitrogens with two attached hydrogens (primary N) is 1. The van der Waals surface area contributed by atoms with Crippen molar-refractivity contribution in [2.45, 2.75) is 46.1 Å². The zero-order valence-electron chi connectivity index (χ0n) is 14.4. The highest BCUT2D eigenvalue weighted by molar-refractivity contribution is 5.34. The molecule has 1 aromatic rings. The van der Waals surface area contributed by atoms with Crippen molar-refractivity contribution in [3.05, 3.63) is 29.8 Å². The number of ether oxygens (including phenoxy) is 1. The molecule has 0 bridgehead atoms. The Hall–Kier alpha value is -1.06. The summed E-state index contributed by atoms with van der Waals surface area (Å²) in [4.78, 5) is 2.52. The van der Waals surface area contributed by atoms with Gasteiger partial charge in [0.05, 0.1) is 7.11 Å². The molecule has 0 heterocycles. The van der Waals surface area contributed by atoms with E-state index in [9.17, 15) is 0 Å². The number of benzene rings is 1. The van der Waals surface area contributed by atoms with Gasteiger partial charge in [0.25, 0.3) is 0 Å². The van der Waals surface area contributed by atoms with Gasteiger partial charge in [-0.25, -0.2) is 0 Å². The topological polar surface area (TPSA) is 38.5 Å². The van der Waals surface area contributed by atoms with Crippen LogP contribution in [0.15, 0.2) is 24.3 Å². The van der Waals surface area contributed by atoms with E-state index in [0.29, 0.717) is 12.5 Å². The first kappa shape index (κ1) is 18.0. The van der Waals surface area contributed by atoms with Crippen LogP contribution in [0.1, 0.15) is 39.7 Å². The van der Waals surface area contributed by atoms with E-state index < -0.39 is 0 Å². The van der Waals surface area contributed by atoms with Crippen molar-refractivity contribution in [1.29, 1.82) is 0 Å². The molecule has 0 aliphatic carbocycles. The first-order chi connectivity index (χ1) is 10.0. The van der Waals surface area contributed by atoms with Crippen LogP contribution in [0, 0.1) is 5.92 Å². The minimum absolute atomic E-state index is 0.0349. The van der Waals surface area contributed by atoms with Crippen molar-refractivity contribution in [2.75, 3.05) is 26.7 Å². The quantitative estimate of drug-likeness (QED) is 0.759. The van der Waals surface area contributed by atoms with Crippen molar-refractivity contribution < 1.29 is 4.74 Å². The molecule has 0 radical (unpaired) electrons. The van der Waals surface area contributed by atoms with Crippen LogP contribution in [0.5, 0.6) is 5.75 Å². The van der Waals surface area contributed by atoms with Gasteiger partial charge in [-0.15, -0.1) is 0 Å². The summed E-state index contributed by atoms with van der Waals surface area (Å²) < 4.78 is 5.49. The van der Waals surface area contributed by atoms with Crippen molar-refractivity contribution in [1.82, 2.24) is 4.90 Å². The van der Waals surface area contributed by atoms with E-state index in [1.807, 2.05) is 12.1 Å². The summed E-state index contributed by atoms with van der Waals surface area (Å²) in [6.07, 6.45) is 2.11. The minimum Gasteiger partial charge on any atom is -0.496 e. The normalized spacial score (nSPS) is 15.8. The molecule has 3 heteroatoms. The zero-order chi connectivity index (χ0) is 15.9. The van der Waals surface area contributed by atoms with Crippen molar-refractivity contribution in [3.63, 3.8) is 0 Å². The van der Waals surface area contributed by atoms with Crippen LogP contribution in [0.4, 0.5) is 0 Å². The summed E-state index contributed by atoms with van der Waals surface area (Å²) in [6.45, 7) is 11.8. The molecule has 0 saturated carbocycles. The molecular formula is C18H32N2O. The molecule has 3 nitrogen and oxygen atoms in total. The second-order valence-corrected chi connectivity index (χ2v) is 6.24. The molecule has 1 aromatic carbocycles. The number of rotatable bonds is 9. The molecule has 21 heavy (non-hydrogen) atoms. The first-order valence-electron chi connectivity index (χ1n) is 8.07. The van der Waals surface area contributed by atoms with Crippen molar-refractivity contribution >= 4 is 0 Å². The average Bonchev–Trinajstić information content (AvgIpc) is 2.52. The Bertz CT molecular complexity index is 421. The highest BCUT2D eigenvalue weighted by atomic mass is 16.5. The zero-order valence-corrected chi connectivity index (χ0v) is 14.4. The predicted molar refractivity (Wildman–Crippen MR) is 90.9 cm³/mol. The fourth-order valence-corrected chi connectivity index (χ4v) is 2.81. The van der Waals surface area contributed by atoms with Crippen LogP contribution < -0.4 is 10.5 Å². The molecule has 0 fully saturated rings. The Morgan fingerprint density at radius 3 is 2.48 bits per heavy atom. The number of hydrogen-bond donors (Lipinski definition) is 1. The van der Waals surface area contributed by atoms with Gasteiger partial charge >= 0.3 is 0 Å². The van der Waals surface area contributed by atoms with E-state index in [2.05, 4.69) is 44.7 Å². The molecule has 2 N–H and O–H groups in total. The molecule has 0 saturated heterocycles. The molecule has 2 atom stereocenters. The molecule has 1 rings (SSSR count). The number of nitrogens with zero attached hydrogens (tertiary/aromatic N) is 1. The Balaban J connectivity index is 2.96. The van der Waals surface area contributed by atoms with Gasteiger partial charge < -0.3 is 10.5 Å². The lowest BCUT2D eigenvalue weighted by Gasteiger charge is -2.42. The molecule has 0 amide bonds. The number of methoxy groups -OCH3 is 1. The fourth-order valence-electron chi connectivity index (χ4n) is 2.81. The summed E-state index contributed by atoms with van der Waals surface area (Å²) in [5, 5.41) is 0. The van der Waals surface area contributed by atoms with Gasteiger partial charge in [-0.05, 0) is 37.4 Å². The second-order valence-electron chi connectivity index (χ2n) is 6.24. The standard InChI is InChI=1S/C18H32N2O/c1-6-15(3)13-20(7-2)18(4,14-19)12-16-10-8-9-11-17(16)21-5/h8-11,15H,6-7,12-14,19H2,1-5H3. The second kappa shape index (κ2) is 8.40. The third-order valence-corrected chi connectivity index (χ3v) is 4.58. The Morgan fingerprint density at radius 2 is 1.95 bits per heavy atom. The van der Waals surface area contributed by atoms with Crippen LogP contribution in [-0.4, -0.2) is 37.2 Å². The largest absolute Gasteiger partial charge is 0.496 e. The molecule has 2 unspecified atom stereocenters. The Labute approximate surface area is 130 Å². The highest BCUT2D eigenvalue weighted by Gasteiger charge is 2.31. The van der Waals surface area contributed by atoms with Crippen molar-refractivity contribution in [2.24, 2.45) is 11.7 Å². The van der Waals surface area contributed by atoms with Gasteiger partial charge in [0.2, 0.25) is 0 Å². The van der Waals surface area contributed by atoms with Crippen LogP contribution in [0.25, 0.3) is 0 Å². The van der Waals surface area contributed by atoms with Crippen molar-refractivity contribution in [3.8, 4) is 5.75 Å². The van der Waals surface area contributed by atoms with Gasteiger partial charge in [0, 0.05) is 18.6 Å². The van der Waals surface area contributed by atoms with Crippen LogP contribution in [-0.2, 0) is 6.42 Å². The van der Waals surface area contributed by atoms with E-state index >= 15 is 0 Å². The fraction of sp³-hybridized carbons (Fsp3) is 0.667. The van der Waals surface area contributed by atoms with Gasteiger partial charge in [0.1, 0.15) is 5.75 Å². The molecule has 0 aromatic heterocycles. The molecular weight excluding hydrogens is 260 g/mol. The summed E-state index contributed by atoms with van der Waals surface area (Å²) in [5.41, 5.74) is 7.35. The number of likely N-dealkylation sites (N-methyl/N-ethyl adjacent to an activating group) is 1. The summed E-state index contributed by atoms with van der Waals surface area (Å²) in [6, 6.07) is 8.25. The molecule has 0 aliphatic rings. The van der Waals surface area contributed by atoms with Gasteiger partial charge in [-0.1, -0.05) is 45.4 Å². The van der Waals surface area contributed by atoms with Gasteiger partial charge in [0.15, 0.2) is 0 Å². The van der Waals surface area contributed by atoms with E-state index in [-0.39, 0.29) is 5.54 Å². The van der Waals surface area contributed by atoms with Crippen LogP contribution in [0.2, 0.25) is 0 Å². The maximum Gasteiger partial charge on any atom is 0.122 e. The van der Waals surface area contributed by atoms with E-state index in [1.165, 1.54) is 12.0 Å². The summed E-state index contributed by atoms with van der Waals surface area (Å²) >= 11 is 0. The monoisotopic (exact) mass is 292 g/mol. The maximum atomic E-state index is 6.16. The van der Waals surface area contributed by atoms with E-state index in [4.69, 9.17) is 10.5 Å².